The fourth-order valence-corrected chi connectivity index (χ4v) is 2.95. The smallest absolute Gasteiger partial charge is 0.233 e. The topological polar surface area (TPSA) is 72.9 Å². The van der Waals surface area contributed by atoms with Gasteiger partial charge in [-0.25, -0.2) is 0 Å². The predicted molar refractivity (Wildman–Crippen MR) is 77.4 cm³/mol. The van der Waals surface area contributed by atoms with Gasteiger partial charge in [0.25, 0.3) is 0 Å². The number of nitrogens with one attached hydrogen (secondary N) is 1. The molecular weight excluding hydrogens is 260 g/mol. The minimum absolute atomic E-state index is 0.0543. The van der Waals surface area contributed by atoms with Gasteiger partial charge in [-0.05, 0) is 25.7 Å². The number of hydrogen-bond acceptors (Lipinski definition) is 3. The van der Waals surface area contributed by atoms with Gasteiger partial charge in [0.1, 0.15) is 0 Å². The van der Waals surface area contributed by atoms with E-state index in [-0.39, 0.29) is 5.91 Å². The summed E-state index contributed by atoms with van der Waals surface area (Å²) >= 11 is 5.07. The zero-order chi connectivity index (χ0) is 14.2. The number of hydrogen-bond donors (Lipinski definition) is 2. The molecule has 0 spiro atoms. The lowest BCUT2D eigenvalue weighted by atomic mass is 9.62. The summed E-state index contributed by atoms with van der Waals surface area (Å²) in [7, 11) is 1.88. The third kappa shape index (κ3) is 2.36. The molecule has 1 saturated carbocycles. The summed E-state index contributed by atoms with van der Waals surface area (Å²) in [6.07, 6.45) is 3.27. The third-order valence-electron chi connectivity index (χ3n) is 4.08. The van der Waals surface area contributed by atoms with E-state index in [1.54, 1.807) is 10.9 Å². The van der Waals surface area contributed by atoms with E-state index in [1.807, 2.05) is 14.0 Å². The van der Waals surface area contributed by atoms with Crippen LogP contribution in [0.1, 0.15) is 31.0 Å². The summed E-state index contributed by atoms with van der Waals surface area (Å²) in [5.74, 6) is 0.453. The van der Waals surface area contributed by atoms with Crippen LogP contribution in [-0.2, 0) is 18.4 Å². The Morgan fingerprint density at radius 1 is 1.68 bits per heavy atom. The highest BCUT2D eigenvalue weighted by molar-refractivity contribution is 7.80. The van der Waals surface area contributed by atoms with Crippen molar-refractivity contribution in [3.63, 3.8) is 0 Å². The molecule has 0 unspecified atom stereocenters. The zero-order valence-electron chi connectivity index (χ0n) is 11.6. The van der Waals surface area contributed by atoms with Gasteiger partial charge in [0.15, 0.2) is 0 Å². The summed E-state index contributed by atoms with van der Waals surface area (Å²) in [6.45, 7) is 4.55. The second-order valence-corrected chi connectivity index (χ2v) is 5.96. The molecule has 0 aromatic carbocycles. The lowest BCUT2D eigenvalue weighted by Gasteiger charge is -2.44. The second-order valence-electron chi connectivity index (χ2n) is 5.52. The Balaban J connectivity index is 2.01. The lowest BCUT2D eigenvalue weighted by Crippen LogP contribution is -2.55. The zero-order valence-corrected chi connectivity index (χ0v) is 12.4. The van der Waals surface area contributed by atoms with E-state index in [0.717, 1.165) is 24.1 Å². The van der Waals surface area contributed by atoms with Gasteiger partial charge < -0.3 is 11.1 Å². The molecule has 6 heteroatoms. The van der Waals surface area contributed by atoms with E-state index in [9.17, 15) is 4.79 Å². The molecule has 0 bridgehead atoms. The normalized spacial score (nSPS) is 25.7. The van der Waals surface area contributed by atoms with E-state index < -0.39 is 5.41 Å². The third-order valence-corrected chi connectivity index (χ3v) is 4.47. The molecule has 2 rings (SSSR count). The van der Waals surface area contributed by atoms with Crippen LogP contribution in [0.4, 0.5) is 0 Å². The van der Waals surface area contributed by atoms with Crippen LogP contribution in [0.15, 0.2) is 6.20 Å². The standard InChI is InChI=1S/C13H20N4OS/c1-8-4-13(5-8,11(14)19)12(18)15-6-10-7-16-17(3)9(10)2/h7-8H,4-6H2,1-3H3,(H2,14,19)(H,15,18). The number of thiocarbonyl (C=S) groups is 1. The average Bonchev–Trinajstić information content (AvgIpc) is 2.62. The van der Waals surface area contributed by atoms with Crippen molar-refractivity contribution in [3.05, 3.63) is 17.5 Å². The van der Waals surface area contributed by atoms with Crippen molar-refractivity contribution in [1.82, 2.24) is 15.1 Å². The Morgan fingerprint density at radius 2 is 2.32 bits per heavy atom. The number of rotatable bonds is 4. The maximum Gasteiger partial charge on any atom is 0.233 e. The molecule has 0 saturated heterocycles. The van der Waals surface area contributed by atoms with Crippen LogP contribution in [0.25, 0.3) is 0 Å². The van der Waals surface area contributed by atoms with Gasteiger partial charge in [0, 0.05) is 24.8 Å². The number of aryl methyl sites for hydroxylation is 1. The average molecular weight is 280 g/mol. The van der Waals surface area contributed by atoms with Crippen molar-refractivity contribution >= 4 is 23.1 Å². The first-order valence-electron chi connectivity index (χ1n) is 6.42. The number of carbonyl (C=O) groups is 1. The van der Waals surface area contributed by atoms with Crippen LogP contribution in [0.5, 0.6) is 0 Å². The summed E-state index contributed by atoms with van der Waals surface area (Å²) in [5, 5.41) is 7.09. The molecule has 1 fully saturated rings. The van der Waals surface area contributed by atoms with Gasteiger partial charge >= 0.3 is 0 Å². The molecule has 3 N–H and O–H groups in total. The van der Waals surface area contributed by atoms with Crippen LogP contribution in [0, 0.1) is 18.3 Å². The van der Waals surface area contributed by atoms with Gasteiger partial charge in [-0.3, -0.25) is 9.48 Å². The molecule has 1 heterocycles. The fourth-order valence-electron chi connectivity index (χ4n) is 2.69. The molecule has 104 valence electrons. The summed E-state index contributed by atoms with van der Waals surface area (Å²) in [5.41, 5.74) is 7.18. The Morgan fingerprint density at radius 3 is 2.74 bits per heavy atom. The van der Waals surface area contributed by atoms with Crippen molar-refractivity contribution in [2.24, 2.45) is 24.1 Å². The maximum absolute atomic E-state index is 12.3. The van der Waals surface area contributed by atoms with Crippen molar-refractivity contribution in [2.75, 3.05) is 0 Å². The quantitative estimate of drug-likeness (QED) is 0.809. The van der Waals surface area contributed by atoms with Gasteiger partial charge in [0.05, 0.1) is 16.6 Å². The van der Waals surface area contributed by atoms with Gasteiger partial charge in [-0.15, -0.1) is 0 Å². The number of carbonyl (C=O) groups excluding carboxylic acids is 1. The Bertz CT molecular complexity index is 517. The number of nitrogens with zero attached hydrogens (tertiary/aromatic N) is 2. The lowest BCUT2D eigenvalue weighted by molar-refractivity contribution is -0.133. The van der Waals surface area contributed by atoms with Crippen LogP contribution in [0.2, 0.25) is 0 Å². The van der Waals surface area contributed by atoms with Crippen molar-refractivity contribution in [1.29, 1.82) is 0 Å². The molecule has 1 aromatic rings. The van der Waals surface area contributed by atoms with E-state index in [1.165, 1.54) is 0 Å². The van der Waals surface area contributed by atoms with E-state index in [0.29, 0.717) is 17.5 Å². The van der Waals surface area contributed by atoms with Gasteiger partial charge in [-0.2, -0.15) is 5.10 Å². The number of nitrogens with two attached hydrogens (primary N) is 1. The molecular formula is C13H20N4OS. The first-order chi connectivity index (χ1) is 8.86. The highest BCUT2D eigenvalue weighted by Crippen LogP contribution is 2.45. The summed E-state index contributed by atoms with van der Waals surface area (Å²) in [4.78, 5) is 12.6. The van der Waals surface area contributed by atoms with E-state index in [2.05, 4.69) is 17.3 Å². The predicted octanol–water partition coefficient (Wildman–Crippen LogP) is 1.05. The Kier molecular flexibility index (Phi) is 3.62. The minimum atomic E-state index is -0.634. The largest absolute Gasteiger partial charge is 0.392 e. The van der Waals surface area contributed by atoms with Crippen LogP contribution in [0.3, 0.4) is 0 Å². The molecule has 1 aromatic heterocycles. The molecule has 5 nitrogen and oxygen atoms in total. The highest BCUT2D eigenvalue weighted by Gasteiger charge is 2.50. The number of amides is 1. The van der Waals surface area contributed by atoms with E-state index >= 15 is 0 Å². The van der Waals surface area contributed by atoms with Gasteiger partial charge in [0.2, 0.25) is 5.91 Å². The van der Waals surface area contributed by atoms with Gasteiger partial charge in [-0.1, -0.05) is 19.1 Å². The van der Waals surface area contributed by atoms with E-state index in [4.69, 9.17) is 18.0 Å². The molecule has 1 amide bonds. The van der Waals surface area contributed by atoms with Crippen LogP contribution < -0.4 is 11.1 Å². The Hall–Kier alpha value is -1.43. The molecule has 1 aliphatic carbocycles. The molecule has 1 aliphatic rings. The first kappa shape index (κ1) is 14.0. The maximum atomic E-state index is 12.3. The summed E-state index contributed by atoms with van der Waals surface area (Å²) in [6, 6.07) is 0. The van der Waals surface area contributed by atoms with Crippen molar-refractivity contribution in [3.8, 4) is 0 Å². The summed E-state index contributed by atoms with van der Waals surface area (Å²) < 4.78 is 1.79. The Labute approximate surface area is 118 Å². The van der Waals surface area contributed by atoms with Crippen molar-refractivity contribution in [2.45, 2.75) is 33.2 Å². The molecule has 19 heavy (non-hydrogen) atoms. The first-order valence-corrected chi connectivity index (χ1v) is 6.83. The second kappa shape index (κ2) is 4.92. The molecule has 0 aliphatic heterocycles. The monoisotopic (exact) mass is 280 g/mol. The van der Waals surface area contributed by atoms with Crippen molar-refractivity contribution < 1.29 is 4.79 Å². The molecule has 0 atom stereocenters. The molecule has 0 radical (unpaired) electrons. The van der Waals surface area contributed by atoms with Crippen LogP contribution >= 0.6 is 12.2 Å². The highest BCUT2D eigenvalue weighted by atomic mass is 32.1. The fraction of sp³-hybridized carbons (Fsp3) is 0.615. The minimum Gasteiger partial charge on any atom is -0.392 e. The SMILES string of the molecule is Cc1c(CNC(=O)C2(C(N)=S)CC(C)C2)cnn1C. The number of aromatic nitrogens is 2. The van der Waals surface area contributed by atoms with Crippen LogP contribution in [-0.4, -0.2) is 20.7 Å².